The largest absolute Gasteiger partial charge is 0.346 e. The molecule has 26 heavy (non-hydrogen) atoms. The number of likely N-dealkylation sites (tertiary alicyclic amines) is 1. The van der Waals surface area contributed by atoms with Gasteiger partial charge in [-0.2, -0.15) is 4.98 Å². The van der Waals surface area contributed by atoms with Crippen LogP contribution in [0.3, 0.4) is 0 Å². The molecule has 7 heteroatoms. The number of hydrogen-bond donors (Lipinski definition) is 0. The molecule has 2 bridgehead atoms. The fourth-order valence-corrected chi connectivity index (χ4v) is 5.78. The summed E-state index contributed by atoms with van der Waals surface area (Å²) in [7, 11) is 1.93. The smallest absolute Gasteiger partial charge is 0.324 e. The van der Waals surface area contributed by atoms with E-state index in [-0.39, 0.29) is 0 Å². The number of nitrogens with zero attached hydrogens (tertiary/aromatic N) is 5. The van der Waals surface area contributed by atoms with Gasteiger partial charge in [0.2, 0.25) is 5.91 Å². The second kappa shape index (κ2) is 5.94. The highest BCUT2D eigenvalue weighted by molar-refractivity contribution is 5.82. The Morgan fingerprint density at radius 3 is 2.38 bits per heavy atom. The van der Waals surface area contributed by atoms with Gasteiger partial charge in [-0.05, 0) is 51.4 Å². The molecule has 1 amide bonds. The van der Waals surface area contributed by atoms with Crippen LogP contribution in [0.5, 0.6) is 0 Å². The number of amides is 1. The van der Waals surface area contributed by atoms with Crippen LogP contribution < -0.4 is 4.90 Å². The van der Waals surface area contributed by atoms with E-state index in [9.17, 15) is 4.79 Å². The summed E-state index contributed by atoms with van der Waals surface area (Å²) in [6.07, 6.45) is 4.83. The van der Waals surface area contributed by atoms with Crippen LogP contribution >= 0.6 is 0 Å². The number of aromatic nitrogens is 2. The van der Waals surface area contributed by atoms with Gasteiger partial charge in [0.1, 0.15) is 0 Å². The molecule has 1 aliphatic carbocycles. The Bertz CT molecular complexity index is 680. The molecule has 7 nitrogen and oxygen atoms in total. The van der Waals surface area contributed by atoms with Gasteiger partial charge < -0.3 is 14.3 Å². The van der Waals surface area contributed by atoms with Gasteiger partial charge in [-0.15, -0.1) is 0 Å². The van der Waals surface area contributed by atoms with Crippen LogP contribution in [-0.2, 0) is 4.79 Å². The molecular weight excluding hydrogens is 330 g/mol. The third kappa shape index (κ3) is 2.47. The van der Waals surface area contributed by atoms with E-state index in [2.05, 4.69) is 26.9 Å². The Balaban J connectivity index is 1.21. The zero-order valence-electron chi connectivity index (χ0n) is 16.0. The summed E-state index contributed by atoms with van der Waals surface area (Å²) in [6, 6.07) is 2.42. The lowest BCUT2D eigenvalue weighted by molar-refractivity contribution is -0.132. The van der Waals surface area contributed by atoms with E-state index in [4.69, 9.17) is 4.52 Å². The molecule has 4 unspecified atom stereocenters. The van der Waals surface area contributed by atoms with E-state index in [0.29, 0.717) is 53.6 Å². The molecule has 4 fully saturated rings. The molecular formula is C19H29N5O2. The number of anilines is 1. The first kappa shape index (κ1) is 16.5. The van der Waals surface area contributed by atoms with Gasteiger partial charge in [0.25, 0.3) is 0 Å². The fraction of sp³-hybridized carbons (Fsp3) is 0.842. The predicted molar refractivity (Wildman–Crippen MR) is 96.7 cm³/mol. The first-order valence-corrected chi connectivity index (χ1v) is 10.1. The molecule has 1 aromatic heterocycles. The highest BCUT2D eigenvalue weighted by Crippen LogP contribution is 2.54. The first-order chi connectivity index (χ1) is 12.6. The lowest BCUT2D eigenvalue weighted by atomic mass is 9.96. The van der Waals surface area contributed by atoms with Crippen molar-refractivity contribution >= 4 is 11.9 Å². The normalized spacial score (nSPS) is 38.5. The van der Waals surface area contributed by atoms with Gasteiger partial charge in [0.15, 0.2) is 5.82 Å². The molecule has 5 rings (SSSR count). The van der Waals surface area contributed by atoms with Crippen molar-refractivity contribution in [1.29, 1.82) is 0 Å². The first-order valence-electron chi connectivity index (χ1n) is 10.1. The van der Waals surface area contributed by atoms with Crippen molar-refractivity contribution in [3.05, 3.63) is 5.82 Å². The molecule has 0 radical (unpaired) electrons. The van der Waals surface area contributed by atoms with Crippen LogP contribution in [0.15, 0.2) is 4.52 Å². The van der Waals surface area contributed by atoms with E-state index >= 15 is 0 Å². The van der Waals surface area contributed by atoms with E-state index in [1.807, 2.05) is 18.9 Å². The van der Waals surface area contributed by atoms with Crippen molar-refractivity contribution in [2.24, 2.45) is 17.8 Å². The van der Waals surface area contributed by atoms with Gasteiger partial charge in [-0.25, -0.2) is 0 Å². The number of piperidine rings is 2. The van der Waals surface area contributed by atoms with Crippen molar-refractivity contribution in [3.63, 3.8) is 0 Å². The third-order valence-corrected chi connectivity index (χ3v) is 7.32. The van der Waals surface area contributed by atoms with Gasteiger partial charge in [-0.3, -0.25) is 9.69 Å². The summed E-state index contributed by atoms with van der Waals surface area (Å²) in [4.78, 5) is 23.8. The van der Waals surface area contributed by atoms with E-state index in [1.165, 1.54) is 25.7 Å². The predicted octanol–water partition coefficient (Wildman–Crippen LogP) is 1.53. The quantitative estimate of drug-likeness (QED) is 0.812. The second-order valence-corrected chi connectivity index (χ2v) is 8.70. The molecule has 1 aromatic rings. The average Bonchev–Trinajstić information content (AvgIpc) is 2.97. The number of carbonyl (C=O) groups is 1. The summed E-state index contributed by atoms with van der Waals surface area (Å²) in [5.41, 5.74) is 0. The lowest BCUT2D eigenvalue weighted by Gasteiger charge is -2.42. The average molecular weight is 359 g/mol. The highest BCUT2D eigenvalue weighted by atomic mass is 16.5. The zero-order chi connectivity index (χ0) is 18.0. The monoisotopic (exact) mass is 359 g/mol. The standard InChI is InChI=1S/C19H29N5O2/c1-4-22(3)18(25)17-15-9-23(10-16(15)17)14-7-12-5-6-13(8-14)24(12)19-20-11(2)21-26-19/h12-17H,4-10H2,1-3H3. The van der Waals surface area contributed by atoms with Crippen molar-refractivity contribution in [3.8, 4) is 0 Å². The topological polar surface area (TPSA) is 65.7 Å². The Hall–Kier alpha value is -1.63. The fourth-order valence-electron chi connectivity index (χ4n) is 5.78. The van der Waals surface area contributed by atoms with Gasteiger partial charge in [0.05, 0.1) is 0 Å². The number of aryl methyl sites for hydroxylation is 1. The lowest BCUT2D eigenvalue weighted by Crippen LogP contribution is -2.51. The summed E-state index contributed by atoms with van der Waals surface area (Å²) >= 11 is 0. The van der Waals surface area contributed by atoms with Crippen LogP contribution in [-0.4, -0.2) is 70.7 Å². The maximum Gasteiger partial charge on any atom is 0.324 e. The molecule has 3 saturated heterocycles. The molecule has 1 saturated carbocycles. The maximum atomic E-state index is 12.4. The van der Waals surface area contributed by atoms with E-state index < -0.39 is 0 Å². The summed E-state index contributed by atoms with van der Waals surface area (Å²) < 4.78 is 5.45. The minimum absolute atomic E-state index is 0.300. The maximum absolute atomic E-state index is 12.4. The molecule has 0 aromatic carbocycles. The third-order valence-electron chi connectivity index (χ3n) is 7.32. The SMILES string of the molecule is CCN(C)C(=O)C1C2CN(C3CC4CCC(C3)N4c3nc(C)no3)CC21. The van der Waals surface area contributed by atoms with Crippen molar-refractivity contribution in [1.82, 2.24) is 19.9 Å². The number of carbonyl (C=O) groups excluding carboxylic acids is 1. The molecule has 142 valence electrons. The Kier molecular flexibility index (Phi) is 3.78. The molecule has 0 N–H and O–H groups in total. The number of hydrogen-bond acceptors (Lipinski definition) is 6. The number of fused-ring (bicyclic) bond motifs is 3. The molecule has 4 heterocycles. The molecule has 0 spiro atoms. The van der Waals surface area contributed by atoms with Gasteiger partial charge in [-0.1, -0.05) is 5.16 Å². The Morgan fingerprint density at radius 2 is 1.85 bits per heavy atom. The van der Waals surface area contributed by atoms with Crippen molar-refractivity contribution in [2.75, 3.05) is 31.6 Å². The molecule has 4 atom stereocenters. The van der Waals surface area contributed by atoms with Crippen molar-refractivity contribution < 1.29 is 9.32 Å². The van der Waals surface area contributed by atoms with Crippen molar-refractivity contribution in [2.45, 2.75) is 57.7 Å². The van der Waals surface area contributed by atoms with Crippen LogP contribution in [0.25, 0.3) is 0 Å². The molecule has 4 aliphatic rings. The minimum Gasteiger partial charge on any atom is -0.346 e. The second-order valence-electron chi connectivity index (χ2n) is 8.70. The van der Waals surface area contributed by atoms with Gasteiger partial charge >= 0.3 is 6.01 Å². The van der Waals surface area contributed by atoms with Gasteiger partial charge in [0, 0.05) is 50.7 Å². The zero-order valence-corrected chi connectivity index (χ0v) is 16.0. The van der Waals surface area contributed by atoms with Crippen LogP contribution in [0.1, 0.15) is 38.4 Å². The Morgan fingerprint density at radius 1 is 1.19 bits per heavy atom. The minimum atomic E-state index is 0.300. The summed E-state index contributed by atoms with van der Waals surface area (Å²) in [5, 5.41) is 3.97. The highest BCUT2D eigenvalue weighted by Gasteiger charge is 2.61. The summed E-state index contributed by atoms with van der Waals surface area (Å²) in [6.45, 7) is 6.98. The number of rotatable bonds is 4. The van der Waals surface area contributed by atoms with Crippen LogP contribution in [0.4, 0.5) is 6.01 Å². The van der Waals surface area contributed by atoms with E-state index in [1.54, 1.807) is 0 Å². The van der Waals surface area contributed by atoms with E-state index in [0.717, 1.165) is 19.6 Å². The van der Waals surface area contributed by atoms with Crippen LogP contribution in [0.2, 0.25) is 0 Å². The molecule has 3 aliphatic heterocycles. The van der Waals surface area contributed by atoms with Crippen LogP contribution in [0, 0.1) is 24.7 Å². The summed E-state index contributed by atoms with van der Waals surface area (Å²) in [5.74, 6) is 2.59. The Labute approximate surface area is 154 Å².